The second kappa shape index (κ2) is 4.21. The van der Waals surface area contributed by atoms with E-state index in [0.717, 1.165) is 0 Å². The Morgan fingerprint density at radius 2 is 1.88 bits per heavy atom. The normalized spacial score (nSPS) is 11.5. The molecule has 1 N–H and O–H groups in total. The zero-order chi connectivity index (χ0) is 12.5. The highest BCUT2D eigenvalue weighted by Crippen LogP contribution is 2.23. The summed E-state index contributed by atoms with van der Waals surface area (Å²) in [7, 11) is 0. The molecule has 2 aromatic rings. The van der Waals surface area contributed by atoms with Crippen LogP contribution in [0.5, 0.6) is 5.75 Å². The molecule has 0 aliphatic rings. The lowest BCUT2D eigenvalue weighted by Gasteiger charge is -2.09. The van der Waals surface area contributed by atoms with Crippen LogP contribution in [0, 0.1) is 4.77 Å². The number of benzene rings is 1. The van der Waals surface area contributed by atoms with Gasteiger partial charge in [-0.1, -0.05) is 0 Å². The Kier molecular flexibility index (Phi) is 2.88. The van der Waals surface area contributed by atoms with Gasteiger partial charge in [0.1, 0.15) is 12.1 Å². The lowest BCUT2D eigenvalue weighted by Crippen LogP contribution is -2.17. The highest BCUT2D eigenvalue weighted by Gasteiger charge is 2.30. The van der Waals surface area contributed by atoms with Gasteiger partial charge in [0.15, 0.2) is 4.77 Å². The van der Waals surface area contributed by atoms with Crippen molar-refractivity contribution in [2.75, 3.05) is 0 Å². The highest BCUT2D eigenvalue weighted by atomic mass is 32.1. The van der Waals surface area contributed by atoms with Crippen molar-refractivity contribution in [2.45, 2.75) is 6.36 Å². The van der Waals surface area contributed by atoms with E-state index < -0.39 is 6.36 Å². The maximum Gasteiger partial charge on any atom is 0.573 e. The molecular formula is C9H6F3N3OS. The first-order chi connectivity index (χ1) is 7.96. The molecule has 17 heavy (non-hydrogen) atoms. The number of hydrogen-bond donors (Lipinski definition) is 1. The van der Waals surface area contributed by atoms with E-state index >= 15 is 0 Å². The smallest absolute Gasteiger partial charge is 0.406 e. The lowest BCUT2D eigenvalue weighted by atomic mass is 10.3. The third-order valence-corrected chi connectivity index (χ3v) is 2.19. The Bertz CT molecular complexity index is 558. The van der Waals surface area contributed by atoms with Gasteiger partial charge in [0.2, 0.25) is 0 Å². The van der Waals surface area contributed by atoms with Gasteiger partial charge in [-0.2, -0.15) is 5.10 Å². The van der Waals surface area contributed by atoms with Gasteiger partial charge in [0.25, 0.3) is 0 Å². The molecule has 0 amide bonds. The lowest BCUT2D eigenvalue weighted by molar-refractivity contribution is -0.274. The summed E-state index contributed by atoms with van der Waals surface area (Å²) in [5, 5.41) is 6.24. The maximum absolute atomic E-state index is 11.9. The number of hydrogen-bond acceptors (Lipinski definition) is 3. The Hall–Kier alpha value is -1.83. The fourth-order valence-electron chi connectivity index (χ4n) is 1.24. The van der Waals surface area contributed by atoms with Crippen LogP contribution in [-0.2, 0) is 0 Å². The van der Waals surface area contributed by atoms with Crippen LogP contribution in [0.3, 0.4) is 0 Å². The highest BCUT2D eigenvalue weighted by molar-refractivity contribution is 7.71. The zero-order valence-corrected chi connectivity index (χ0v) is 9.05. The van der Waals surface area contributed by atoms with Gasteiger partial charge in [-0.25, -0.2) is 0 Å². The molecule has 4 nitrogen and oxygen atoms in total. The van der Waals surface area contributed by atoms with Crippen LogP contribution in [0.1, 0.15) is 0 Å². The van der Waals surface area contributed by atoms with Gasteiger partial charge < -0.3 is 4.74 Å². The van der Waals surface area contributed by atoms with Crippen molar-refractivity contribution < 1.29 is 17.9 Å². The zero-order valence-electron chi connectivity index (χ0n) is 8.23. The van der Waals surface area contributed by atoms with E-state index in [1.165, 1.54) is 35.2 Å². The molecule has 0 saturated carbocycles. The fraction of sp³-hybridized carbons (Fsp3) is 0.111. The van der Waals surface area contributed by atoms with Crippen LogP contribution in [0.4, 0.5) is 13.2 Å². The molecule has 90 valence electrons. The number of halogens is 3. The standard InChI is InChI=1S/C9H6F3N3OS/c10-9(11,12)16-7-3-1-6(2-4-7)15-5-13-14-8(15)17/h1-5H,(H,14,17). The molecule has 0 aliphatic carbocycles. The van der Waals surface area contributed by atoms with E-state index in [4.69, 9.17) is 12.2 Å². The van der Waals surface area contributed by atoms with Crippen molar-refractivity contribution in [2.24, 2.45) is 0 Å². The molecule has 1 aromatic heterocycles. The summed E-state index contributed by atoms with van der Waals surface area (Å²) < 4.78 is 41.4. The molecule has 0 atom stereocenters. The van der Waals surface area contributed by atoms with Crippen LogP contribution >= 0.6 is 12.2 Å². The van der Waals surface area contributed by atoms with Gasteiger partial charge in [-0.05, 0) is 36.5 Å². The van der Waals surface area contributed by atoms with E-state index in [2.05, 4.69) is 14.9 Å². The van der Waals surface area contributed by atoms with Crippen LogP contribution in [0.15, 0.2) is 30.6 Å². The van der Waals surface area contributed by atoms with E-state index in [-0.39, 0.29) is 5.75 Å². The number of H-pyrrole nitrogens is 1. The number of nitrogens with one attached hydrogen (secondary N) is 1. The molecule has 1 aromatic carbocycles. The predicted octanol–water partition coefficient (Wildman–Crippen LogP) is 2.83. The monoisotopic (exact) mass is 261 g/mol. The Morgan fingerprint density at radius 3 is 2.35 bits per heavy atom. The summed E-state index contributed by atoms with van der Waals surface area (Å²) in [5.74, 6) is -0.281. The van der Waals surface area contributed by atoms with Gasteiger partial charge in [-0.15, -0.1) is 13.2 Å². The van der Waals surface area contributed by atoms with E-state index in [0.29, 0.717) is 10.5 Å². The molecule has 0 saturated heterocycles. The first-order valence-electron chi connectivity index (χ1n) is 4.44. The number of aromatic amines is 1. The topological polar surface area (TPSA) is 42.8 Å². The minimum absolute atomic E-state index is 0.281. The van der Waals surface area contributed by atoms with Crippen molar-refractivity contribution in [3.8, 4) is 11.4 Å². The molecule has 8 heteroatoms. The van der Waals surface area contributed by atoms with Crippen LogP contribution in [-0.4, -0.2) is 21.1 Å². The van der Waals surface area contributed by atoms with Gasteiger partial charge in [0.05, 0.1) is 0 Å². The predicted molar refractivity (Wildman–Crippen MR) is 55.4 cm³/mol. The Balaban J connectivity index is 2.25. The van der Waals surface area contributed by atoms with Crippen LogP contribution < -0.4 is 4.74 Å². The molecule has 0 spiro atoms. The number of nitrogens with zero attached hydrogens (tertiary/aromatic N) is 2. The first-order valence-corrected chi connectivity index (χ1v) is 4.85. The van der Waals surface area contributed by atoms with Gasteiger partial charge >= 0.3 is 6.36 Å². The molecule has 0 bridgehead atoms. The second-order valence-electron chi connectivity index (χ2n) is 3.07. The number of ether oxygens (including phenoxy) is 1. The van der Waals surface area contributed by atoms with Crippen LogP contribution in [0.25, 0.3) is 5.69 Å². The average Bonchev–Trinajstić information content (AvgIpc) is 2.63. The third kappa shape index (κ3) is 2.84. The Labute approximate surface area is 98.6 Å². The molecular weight excluding hydrogens is 255 g/mol. The minimum Gasteiger partial charge on any atom is -0.406 e. The maximum atomic E-state index is 11.9. The largest absolute Gasteiger partial charge is 0.573 e. The van der Waals surface area contributed by atoms with E-state index in [1.54, 1.807) is 0 Å². The molecule has 0 fully saturated rings. The second-order valence-corrected chi connectivity index (χ2v) is 3.46. The van der Waals surface area contributed by atoms with Gasteiger partial charge in [-0.3, -0.25) is 9.67 Å². The van der Waals surface area contributed by atoms with Crippen molar-refractivity contribution in [1.82, 2.24) is 14.8 Å². The summed E-state index contributed by atoms with van der Waals surface area (Å²) in [6.07, 6.45) is -3.25. The van der Waals surface area contributed by atoms with Gasteiger partial charge in [0, 0.05) is 5.69 Å². The van der Waals surface area contributed by atoms with E-state index in [9.17, 15) is 13.2 Å². The van der Waals surface area contributed by atoms with Crippen molar-refractivity contribution >= 4 is 12.2 Å². The Morgan fingerprint density at radius 1 is 1.24 bits per heavy atom. The summed E-state index contributed by atoms with van der Waals surface area (Å²) in [5.41, 5.74) is 0.596. The van der Waals surface area contributed by atoms with Crippen molar-refractivity contribution in [1.29, 1.82) is 0 Å². The van der Waals surface area contributed by atoms with E-state index in [1.807, 2.05) is 0 Å². The molecule has 0 unspecified atom stereocenters. The SMILES string of the molecule is FC(F)(F)Oc1ccc(-n2cn[nH]c2=S)cc1. The minimum atomic E-state index is -4.69. The summed E-state index contributed by atoms with van der Waals surface area (Å²) in [6, 6.07) is 5.31. The first kappa shape index (κ1) is 11.6. The molecule has 0 aliphatic heterocycles. The van der Waals surface area contributed by atoms with Crippen molar-refractivity contribution in [3.63, 3.8) is 0 Å². The number of aromatic nitrogens is 3. The number of rotatable bonds is 2. The average molecular weight is 261 g/mol. The fourth-order valence-corrected chi connectivity index (χ4v) is 1.45. The molecule has 2 rings (SSSR count). The summed E-state index contributed by atoms with van der Waals surface area (Å²) in [6.45, 7) is 0. The molecule has 0 radical (unpaired) electrons. The van der Waals surface area contributed by atoms with Crippen molar-refractivity contribution in [3.05, 3.63) is 35.4 Å². The summed E-state index contributed by atoms with van der Waals surface area (Å²) in [4.78, 5) is 0. The summed E-state index contributed by atoms with van der Waals surface area (Å²) >= 11 is 4.92. The third-order valence-electron chi connectivity index (χ3n) is 1.90. The number of alkyl halides is 3. The molecule has 1 heterocycles. The van der Waals surface area contributed by atoms with Crippen LogP contribution in [0.2, 0.25) is 0 Å². The quantitative estimate of drug-likeness (QED) is 0.845.